The van der Waals surface area contributed by atoms with Gasteiger partial charge in [0.25, 0.3) is 0 Å². The summed E-state index contributed by atoms with van der Waals surface area (Å²) in [6.45, 7) is 3.74. The van der Waals surface area contributed by atoms with Crippen LogP contribution in [0.15, 0.2) is 12.7 Å². The Morgan fingerprint density at radius 2 is 2.38 bits per heavy atom. The zero-order valence-corrected chi connectivity index (χ0v) is 4.31. The van der Waals surface area contributed by atoms with Gasteiger partial charge in [-0.05, 0) is 0 Å². The summed E-state index contributed by atoms with van der Waals surface area (Å²) in [4.78, 5) is 9.56. The van der Waals surface area contributed by atoms with Gasteiger partial charge in [0.15, 0.2) is 0 Å². The molecule has 0 aromatic carbocycles. The van der Waals surface area contributed by atoms with Gasteiger partial charge in [-0.3, -0.25) is 5.43 Å². The van der Waals surface area contributed by atoms with Crippen LogP contribution < -0.4 is 10.9 Å². The highest BCUT2D eigenvalue weighted by Crippen LogP contribution is 1.56. The summed E-state index contributed by atoms with van der Waals surface area (Å²) in [5.41, 5.74) is 4.14. The van der Waals surface area contributed by atoms with Crippen LogP contribution in [0.2, 0.25) is 0 Å². The van der Waals surface area contributed by atoms with Crippen LogP contribution in [0.25, 0.3) is 0 Å². The summed E-state index contributed by atoms with van der Waals surface area (Å²) in [5.74, 6) is 0. The van der Waals surface area contributed by atoms with Crippen molar-refractivity contribution in [3.05, 3.63) is 12.7 Å². The quantitative estimate of drug-likeness (QED) is 0.304. The third kappa shape index (κ3) is 4.97. The van der Waals surface area contributed by atoms with Gasteiger partial charge < -0.3 is 0 Å². The van der Waals surface area contributed by atoms with Gasteiger partial charge in [0, 0.05) is 6.54 Å². The predicted octanol–water partition coefficient (Wildman–Crippen LogP) is -0.183. The average molecular weight is 115 g/mol. The maximum atomic E-state index is 9.56. The summed E-state index contributed by atoms with van der Waals surface area (Å²) < 4.78 is 0. The molecule has 0 unspecified atom stereocenters. The molecule has 0 bridgehead atoms. The monoisotopic (exact) mass is 115 g/mol. The van der Waals surface area contributed by atoms with Crippen LogP contribution in [0.3, 0.4) is 0 Å². The minimum atomic E-state index is -1.34. The molecule has 0 heterocycles. The van der Waals surface area contributed by atoms with E-state index in [4.69, 9.17) is 0 Å². The Morgan fingerprint density at radius 1 is 1.75 bits per heavy atom. The second-order valence-electron chi connectivity index (χ2n) is 1.08. The molecule has 0 saturated heterocycles. The molecule has 8 heavy (non-hydrogen) atoms. The van der Waals surface area contributed by atoms with Gasteiger partial charge in [0.1, 0.15) is 0 Å². The zero-order chi connectivity index (χ0) is 6.41. The van der Waals surface area contributed by atoms with Crippen LogP contribution >= 0.6 is 0 Å². The fraction of sp³-hybridized carbons (Fsp3) is 0.250. The molecule has 0 saturated carbocycles. The highest BCUT2D eigenvalue weighted by atomic mass is 16.4. The smallest absolute Gasteiger partial charge is 0.253 e. The Balaban J connectivity index is 2.93. The van der Waals surface area contributed by atoms with Crippen LogP contribution in [0.4, 0.5) is 4.79 Å². The maximum Gasteiger partial charge on any atom is 0.464 e. The Kier molecular flexibility index (Phi) is 3.60. The van der Waals surface area contributed by atoms with Crippen LogP contribution in [-0.4, -0.2) is 12.6 Å². The van der Waals surface area contributed by atoms with Gasteiger partial charge in [0.2, 0.25) is 0 Å². The van der Waals surface area contributed by atoms with Gasteiger partial charge in [-0.25, -0.2) is 15.3 Å². The van der Waals surface area contributed by atoms with Crippen molar-refractivity contribution in [1.82, 2.24) is 10.9 Å². The fourth-order valence-electron chi connectivity index (χ4n) is 0.195. The van der Waals surface area contributed by atoms with Gasteiger partial charge in [0.05, 0.1) is 0 Å². The van der Waals surface area contributed by atoms with Gasteiger partial charge in [-0.1, -0.05) is 6.08 Å². The van der Waals surface area contributed by atoms with E-state index in [9.17, 15) is 9.90 Å². The lowest BCUT2D eigenvalue weighted by molar-refractivity contribution is 0.164. The molecule has 0 spiro atoms. The summed E-state index contributed by atoms with van der Waals surface area (Å²) >= 11 is 0. The van der Waals surface area contributed by atoms with Crippen LogP contribution in [0, 0.1) is 0 Å². The number of hydrogen-bond donors (Lipinski definition) is 2. The van der Waals surface area contributed by atoms with Crippen molar-refractivity contribution in [2.75, 3.05) is 6.54 Å². The summed E-state index contributed by atoms with van der Waals surface area (Å²) in [6.07, 6.45) is 0.183. The molecule has 0 rings (SSSR count). The summed E-state index contributed by atoms with van der Waals surface area (Å²) in [6, 6.07) is 0. The number of hydrazine groups is 1. The van der Waals surface area contributed by atoms with Crippen molar-refractivity contribution in [2.24, 2.45) is 0 Å². The third-order valence-electron chi connectivity index (χ3n) is 0.437. The number of hydrogen-bond acceptors (Lipinski definition) is 2. The molecular weight excluding hydrogens is 108 g/mol. The molecule has 0 aliphatic carbocycles. The number of carbonyl (C=O) groups excluding carboxylic acids is 1. The van der Waals surface area contributed by atoms with E-state index in [1.54, 1.807) is 0 Å². The lowest BCUT2D eigenvalue weighted by Crippen LogP contribution is -2.35. The number of rotatable bonds is 3. The zero-order valence-electron chi connectivity index (χ0n) is 4.31. The molecule has 0 aromatic heterocycles. The average Bonchev–Trinajstić information content (AvgIpc) is 1.66. The van der Waals surface area contributed by atoms with E-state index in [-0.39, 0.29) is 0 Å². The second-order valence-corrected chi connectivity index (χ2v) is 1.08. The molecule has 0 aromatic rings. The minimum Gasteiger partial charge on any atom is -0.253 e. The van der Waals surface area contributed by atoms with E-state index in [1.807, 2.05) is 5.43 Å². The molecule has 4 nitrogen and oxygen atoms in total. The van der Waals surface area contributed by atoms with E-state index in [1.165, 1.54) is 6.08 Å². The minimum absolute atomic E-state index is 0.397. The first-order valence-corrected chi connectivity index (χ1v) is 2.08. The lowest BCUT2D eigenvalue weighted by atomic mass is 10.7. The van der Waals surface area contributed by atoms with Gasteiger partial charge in [-0.15, -0.1) is 6.58 Å². The Bertz CT molecular complexity index is 92.0. The molecule has 0 aliphatic rings. The molecule has 4 heteroatoms. The molecular formula is C4H7N2O2. The van der Waals surface area contributed by atoms with E-state index in [0.717, 1.165) is 0 Å². The van der Waals surface area contributed by atoms with Crippen molar-refractivity contribution < 1.29 is 9.90 Å². The number of amides is 1. The van der Waals surface area contributed by atoms with Crippen LogP contribution in [0.5, 0.6) is 0 Å². The van der Waals surface area contributed by atoms with Crippen molar-refractivity contribution in [3.63, 3.8) is 0 Å². The Hall–Kier alpha value is -1.03. The van der Waals surface area contributed by atoms with E-state index in [0.29, 0.717) is 6.54 Å². The Morgan fingerprint density at radius 3 is 2.75 bits per heavy atom. The third-order valence-corrected chi connectivity index (χ3v) is 0.437. The van der Waals surface area contributed by atoms with E-state index in [2.05, 4.69) is 12.0 Å². The first kappa shape index (κ1) is 6.97. The Labute approximate surface area is 47.2 Å². The standard InChI is InChI=1S/C4H7N2O2/c1-2-3-5-6-4(7)8/h2,5-6H,1,3H2. The van der Waals surface area contributed by atoms with E-state index < -0.39 is 6.09 Å². The molecule has 0 aliphatic heterocycles. The number of nitrogens with one attached hydrogen (secondary N) is 2. The largest absolute Gasteiger partial charge is 0.464 e. The van der Waals surface area contributed by atoms with Gasteiger partial charge >= 0.3 is 6.09 Å². The summed E-state index contributed by atoms with van der Waals surface area (Å²) in [5, 5.41) is 9.56. The SMILES string of the molecule is C=CCNNC([O])=O. The lowest BCUT2D eigenvalue weighted by Gasteiger charge is -1.94. The molecule has 45 valence electrons. The van der Waals surface area contributed by atoms with Crippen molar-refractivity contribution in [1.29, 1.82) is 0 Å². The van der Waals surface area contributed by atoms with Gasteiger partial charge in [-0.2, -0.15) is 0 Å². The van der Waals surface area contributed by atoms with E-state index >= 15 is 0 Å². The molecule has 0 fully saturated rings. The first-order valence-electron chi connectivity index (χ1n) is 2.08. The molecule has 2 N–H and O–H groups in total. The molecule has 1 radical (unpaired) electrons. The predicted molar refractivity (Wildman–Crippen MR) is 27.4 cm³/mol. The van der Waals surface area contributed by atoms with Crippen molar-refractivity contribution >= 4 is 6.09 Å². The first-order chi connectivity index (χ1) is 3.77. The number of carbonyl (C=O) groups is 1. The highest BCUT2D eigenvalue weighted by molar-refractivity contribution is 5.63. The maximum absolute atomic E-state index is 9.56. The summed E-state index contributed by atoms with van der Waals surface area (Å²) in [7, 11) is 0. The van der Waals surface area contributed by atoms with Crippen molar-refractivity contribution in [3.8, 4) is 0 Å². The van der Waals surface area contributed by atoms with Crippen molar-refractivity contribution in [2.45, 2.75) is 0 Å². The molecule has 1 amide bonds. The van der Waals surface area contributed by atoms with Crippen LogP contribution in [-0.2, 0) is 5.11 Å². The topological polar surface area (TPSA) is 61.0 Å². The highest BCUT2D eigenvalue weighted by Gasteiger charge is 1.89. The molecule has 0 atom stereocenters. The second kappa shape index (κ2) is 4.14. The fourth-order valence-corrected chi connectivity index (χ4v) is 0.195. The van der Waals surface area contributed by atoms with Crippen LogP contribution in [0.1, 0.15) is 0 Å². The normalized spacial score (nSPS) is 8.00.